The van der Waals surface area contributed by atoms with Crippen molar-refractivity contribution in [3.63, 3.8) is 0 Å². The van der Waals surface area contributed by atoms with Crippen molar-refractivity contribution in [2.75, 3.05) is 19.3 Å². The number of pyridine rings is 1. The van der Waals surface area contributed by atoms with Crippen LogP contribution in [0.5, 0.6) is 0 Å². The minimum absolute atomic E-state index is 0.0215. The van der Waals surface area contributed by atoms with E-state index < -0.39 is 0 Å². The molecule has 0 fully saturated rings. The Hall–Kier alpha value is -2.01. The van der Waals surface area contributed by atoms with Gasteiger partial charge >= 0.3 is 6.03 Å². The summed E-state index contributed by atoms with van der Waals surface area (Å²) in [6.07, 6.45) is 3.50. The zero-order chi connectivity index (χ0) is 17.4. The number of hydrogen-bond donors (Lipinski definition) is 1. The van der Waals surface area contributed by atoms with E-state index in [0.717, 1.165) is 17.1 Å². The number of amides is 2. The number of thioether (sulfide) groups is 1. The first-order valence-corrected chi connectivity index (χ1v) is 9.27. The highest BCUT2D eigenvalue weighted by Gasteiger charge is 2.16. The number of rotatable bonds is 7. The maximum absolute atomic E-state index is 12.2. The van der Waals surface area contributed by atoms with E-state index in [0.29, 0.717) is 6.54 Å². The highest BCUT2D eigenvalue weighted by molar-refractivity contribution is 7.98. The van der Waals surface area contributed by atoms with Crippen LogP contribution in [0, 0.1) is 6.92 Å². The van der Waals surface area contributed by atoms with Gasteiger partial charge in [-0.3, -0.25) is 4.98 Å². The second kappa shape index (κ2) is 9.33. The van der Waals surface area contributed by atoms with E-state index in [9.17, 15) is 4.79 Å². The third kappa shape index (κ3) is 5.57. The molecule has 24 heavy (non-hydrogen) atoms. The molecule has 0 bridgehead atoms. The maximum Gasteiger partial charge on any atom is 0.317 e. The van der Waals surface area contributed by atoms with Crippen molar-refractivity contribution in [1.29, 1.82) is 0 Å². The van der Waals surface area contributed by atoms with Crippen LogP contribution in [-0.4, -0.2) is 35.3 Å². The minimum atomic E-state index is -0.0461. The summed E-state index contributed by atoms with van der Waals surface area (Å²) in [5, 5.41) is 2.98. The van der Waals surface area contributed by atoms with Gasteiger partial charge in [-0.2, -0.15) is 11.8 Å². The smallest absolute Gasteiger partial charge is 0.317 e. The van der Waals surface area contributed by atoms with Gasteiger partial charge in [0.1, 0.15) is 0 Å². The number of aromatic nitrogens is 1. The largest absolute Gasteiger partial charge is 0.337 e. The second-order valence-corrected chi connectivity index (χ2v) is 6.94. The molecule has 5 heteroatoms. The Kier molecular flexibility index (Phi) is 7.12. The molecule has 1 heterocycles. The van der Waals surface area contributed by atoms with Crippen LogP contribution in [0.3, 0.4) is 0 Å². The fourth-order valence-corrected chi connectivity index (χ4v) is 3.09. The van der Waals surface area contributed by atoms with Gasteiger partial charge in [-0.25, -0.2) is 4.79 Å². The van der Waals surface area contributed by atoms with Gasteiger partial charge in [-0.05, 0) is 37.1 Å². The van der Waals surface area contributed by atoms with E-state index in [-0.39, 0.29) is 12.1 Å². The van der Waals surface area contributed by atoms with E-state index in [2.05, 4.69) is 41.5 Å². The Morgan fingerprint density at radius 1 is 1.21 bits per heavy atom. The van der Waals surface area contributed by atoms with Gasteiger partial charge in [0.15, 0.2) is 0 Å². The highest BCUT2D eigenvalue weighted by atomic mass is 32.2. The van der Waals surface area contributed by atoms with Crippen LogP contribution in [0.15, 0.2) is 48.8 Å². The van der Waals surface area contributed by atoms with Gasteiger partial charge in [0, 0.05) is 37.5 Å². The molecular formula is C19H25N3OS. The van der Waals surface area contributed by atoms with Crippen LogP contribution in [0.2, 0.25) is 0 Å². The Morgan fingerprint density at radius 3 is 2.54 bits per heavy atom. The van der Waals surface area contributed by atoms with Crippen LogP contribution in [0.1, 0.15) is 29.7 Å². The molecule has 4 nitrogen and oxygen atoms in total. The lowest BCUT2D eigenvalue weighted by molar-refractivity contribution is 0.195. The zero-order valence-electron chi connectivity index (χ0n) is 14.5. The molecule has 2 aromatic rings. The van der Waals surface area contributed by atoms with Crippen molar-refractivity contribution in [2.45, 2.75) is 25.6 Å². The Morgan fingerprint density at radius 2 is 1.88 bits per heavy atom. The third-order valence-corrected chi connectivity index (χ3v) is 5.03. The zero-order valence-corrected chi connectivity index (χ0v) is 15.3. The molecule has 0 saturated heterocycles. The summed E-state index contributed by atoms with van der Waals surface area (Å²) in [5.41, 5.74) is 3.68. The van der Waals surface area contributed by atoms with Crippen LogP contribution in [0.25, 0.3) is 0 Å². The maximum atomic E-state index is 12.2. The number of nitrogens with zero attached hydrogens (tertiary/aromatic N) is 2. The average molecular weight is 343 g/mol. The van der Waals surface area contributed by atoms with Gasteiger partial charge in [-0.1, -0.05) is 29.8 Å². The first-order chi connectivity index (χ1) is 11.6. The molecule has 2 amide bonds. The molecule has 0 radical (unpaired) electrons. The number of benzene rings is 1. The number of nitrogens with one attached hydrogen (secondary N) is 1. The predicted molar refractivity (Wildman–Crippen MR) is 101 cm³/mol. The van der Waals surface area contributed by atoms with Gasteiger partial charge in [-0.15, -0.1) is 0 Å². The fourth-order valence-electron chi connectivity index (χ4n) is 2.27. The quantitative estimate of drug-likeness (QED) is 0.772. The van der Waals surface area contributed by atoms with Gasteiger partial charge in [0.25, 0.3) is 0 Å². The normalized spacial score (nSPS) is 11.8. The molecule has 0 saturated carbocycles. The minimum Gasteiger partial charge on any atom is -0.337 e. The fraction of sp³-hybridized carbons (Fsp3) is 0.368. The van der Waals surface area contributed by atoms with Crippen LogP contribution < -0.4 is 5.32 Å². The summed E-state index contributed by atoms with van der Waals surface area (Å²) in [6.45, 7) is 4.78. The summed E-state index contributed by atoms with van der Waals surface area (Å²) in [4.78, 5) is 18.0. The summed E-state index contributed by atoms with van der Waals surface area (Å²) in [6, 6.07) is 12.4. The van der Waals surface area contributed by atoms with E-state index in [1.54, 1.807) is 17.3 Å². The number of urea groups is 1. The lowest BCUT2D eigenvalue weighted by Gasteiger charge is -2.25. The first kappa shape index (κ1) is 18.3. The molecule has 1 aromatic heterocycles. The van der Waals surface area contributed by atoms with Crippen molar-refractivity contribution in [1.82, 2.24) is 15.2 Å². The van der Waals surface area contributed by atoms with Crippen LogP contribution >= 0.6 is 11.8 Å². The number of carbonyl (C=O) groups is 1. The third-order valence-electron chi connectivity index (χ3n) is 4.00. The molecule has 0 aliphatic rings. The van der Waals surface area contributed by atoms with Crippen molar-refractivity contribution in [3.8, 4) is 0 Å². The summed E-state index contributed by atoms with van der Waals surface area (Å²) in [7, 11) is 1.82. The Bertz CT molecular complexity index is 631. The molecule has 1 aromatic carbocycles. The second-order valence-electron chi connectivity index (χ2n) is 5.84. The molecule has 1 unspecified atom stereocenters. The van der Waals surface area contributed by atoms with Crippen molar-refractivity contribution in [3.05, 3.63) is 65.5 Å². The predicted octanol–water partition coefficient (Wildman–Crippen LogP) is 4.03. The van der Waals surface area contributed by atoms with Gasteiger partial charge in [0.2, 0.25) is 0 Å². The van der Waals surface area contributed by atoms with E-state index in [1.165, 1.54) is 11.1 Å². The summed E-state index contributed by atoms with van der Waals surface area (Å²) in [5.74, 6) is 1.87. The van der Waals surface area contributed by atoms with Gasteiger partial charge < -0.3 is 10.2 Å². The molecule has 0 aliphatic carbocycles. The van der Waals surface area contributed by atoms with Crippen LogP contribution in [0.4, 0.5) is 4.79 Å². The van der Waals surface area contributed by atoms with Crippen LogP contribution in [-0.2, 0) is 5.75 Å². The topological polar surface area (TPSA) is 45.2 Å². The SMILES string of the molecule is Cc1ccc(CSCCNC(=O)N(C)C(C)c2ccncc2)cc1. The van der Waals surface area contributed by atoms with Crippen molar-refractivity contribution >= 4 is 17.8 Å². The van der Waals surface area contributed by atoms with E-state index in [1.807, 2.05) is 37.9 Å². The van der Waals surface area contributed by atoms with Crippen molar-refractivity contribution < 1.29 is 4.79 Å². The highest BCUT2D eigenvalue weighted by Crippen LogP contribution is 2.17. The van der Waals surface area contributed by atoms with Crippen molar-refractivity contribution in [2.24, 2.45) is 0 Å². The Labute approximate surface area is 148 Å². The number of carbonyl (C=O) groups excluding carboxylic acids is 1. The summed E-state index contributed by atoms with van der Waals surface area (Å²) < 4.78 is 0. The monoisotopic (exact) mass is 343 g/mol. The molecule has 1 N–H and O–H groups in total. The lowest BCUT2D eigenvalue weighted by atomic mass is 10.1. The summed E-state index contributed by atoms with van der Waals surface area (Å²) >= 11 is 1.83. The standard InChI is InChI=1S/C19H25N3OS/c1-15-4-6-17(7-5-15)14-24-13-12-21-19(23)22(3)16(2)18-8-10-20-11-9-18/h4-11,16H,12-14H2,1-3H3,(H,21,23). The molecule has 0 spiro atoms. The molecule has 128 valence electrons. The average Bonchev–Trinajstić information content (AvgIpc) is 2.62. The molecule has 2 rings (SSSR count). The lowest BCUT2D eigenvalue weighted by Crippen LogP contribution is -2.39. The van der Waals surface area contributed by atoms with Gasteiger partial charge in [0.05, 0.1) is 6.04 Å². The Balaban J connectivity index is 1.68. The molecule has 1 atom stereocenters. The first-order valence-electron chi connectivity index (χ1n) is 8.12. The number of aryl methyl sites for hydroxylation is 1. The van der Waals surface area contributed by atoms with E-state index >= 15 is 0 Å². The van der Waals surface area contributed by atoms with E-state index in [4.69, 9.17) is 0 Å². The number of hydrogen-bond acceptors (Lipinski definition) is 3. The molecule has 0 aliphatic heterocycles. The molecular weight excluding hydrogens is 318 g/mol.